The van der Waals surface area contributed by atoms with E-state index in [1.165, 1.54) is 0 Å². The van der Waals surface area contributed by atoms with Crippen LogP contribution in [0.15, 0.2) is 42.7 Å². The maximum absolute atomic E-state index is 12.6. The molecule has 0 radical (unpaired) electrons. The fourth-order valence-corrected chi connectivity index (χ4v) is 2.96. The molecule has 7 nitrogen and oxygen atoms in total. The Balaban J connectivity index is 1.59. The molecule has 2 heterocycles. The van der Waals surface area contributed by atoms with Gasteiger partial charge in [-0.2, -0.15) is 0 Å². The van der Waals surface area contributed by atoms with E-state index in [2.05, 4.69) is 15.6 Å². The Morgan fingerprint density at radius 1 is 1.33 bits per heavy atom. The fraction of sp³-hybridized carbons (Fsp3) is 0.353. The Hall–Kier alpha value is -2.83. The van der Waals surface area contributed by atoms with Gasteiger partial charge in [0.1, 0.15) is 11.9 Å². The van der Waals surface area contributed by atoms with Gasteiger partial charge in [-0.15, -0.1) is 0 Å². The SMILES string of the molecule is CC1CC(NC(=O)NCc2nccn2C)C(=O)N1c1ccccc1. The van der Waals surface area contributed by atoms with Crippen molar-refractivity contribution in [3.8, 4) is 0 Å². The number of carbonyl (C=O) groups excluding carboxylic acids is 2. The number of aromatic nitrogens is 2. The number of nitrogens with one attached hydrogen (secondary N) is 2. The van der Waals surface area contributed by atoms with E-state index in [0.29, 0.717) is 13.0 Å². The van der Waals surface area contributed by atoms with Crippen molar-refractivity contribution in [3.63, 3.8) is 0 Å². The van der Waals surface area contributed by atoms with E-state index in [1.807, 2.05) is 55.1 Å². The van der Waals surface area contributed by atoms with Crippen molar-refractivity contribution in [2.45, 2.75) is 32.0 Å². The van der Waals surface area contributed by atoms with E-state index < -0.39 is 6.04 Å². The molecule has 0 spiro atoms. The Bertz CT molecular complexity index is 728. The lowest BCUT2D eigenvalue weighted by molar-refractivity contribution is -0.118. The Kier molecular flexibility index (Phi) is 4.50. The highest BCUT2D eigenvalue weighted by Gasteiger charge is 2.38. The first-order valence-electron chi connectivity index (χ1n) is 7.95. The smallest absolute Gasteiger partial charge is 0.315 e. The normalized spacial score (nSPS) is 20.2. The van der Waals surface area contributed by atoms with Gasteiger partial charge in [-0.1, -0.05) is 18.2 Å². The summed E-state index contributed by atoms with van der Waals surface area (Å²) in [5.74, 6) is 0.669. The average Bonchev–Trinajstić information content (AvgIpc) is 3.09. The second kappa shape index (κ2) is 6.74. The number of para-hydroxylation sites is 1. The van der Waals surface area contributed by atoms with Crippen molar-refractivity contribution in [2.24, 2.45) is 7.05 Å². The van der Waals surface area contributed by atoms with Crippen LogP contribution in [-0.4, -0.2) is 33.6 Å². The maximum Gasteiger partial charge on any atom is 0.315 e. The highest BCUT2D eigenvalue weighted by molar-refractivity contribution is 6.01. The molecule has 24 heavy (non-hydrogen) atoms. The van der Waals surface area contributed by atoms with Gasteiger partial charge in [0, 0.05) is 31.2 Å². The molecule has 1 fully saturated rings. The molecular weight excluding hydrogens is 306 g/mol. The number of urea groups is 1. The molecule has 3 rings (SSSR count). The van der Waals surface area contributed by atoms with Crippen molar-refractivity contribution in [1.82, 2.24) is 20.2 Å². The Labute approximate surface area is 140 Å². The van der Waals surface area contributed by atoms with Crippen LogP contribution in [0.25, 0.3) is 0 Å². The summed E-state index contributed by atoms with van der Waals surface area (Å²) < 4.78 is 1.83. The molecule has 7 heteroatoms. The Morgan fingerprint density at radius 2 is 2.08 bits per heavy atom. The van der Waals surface area contributed by atoms with Crippen molar-refractivity contribution >= 4 is 17.6 Å². The van der Waals surface area contributed by atoms with E-state index in [9.17, 15) is 9.59 Å². The predicted molar refractivity (Wildman–Crippen MR) is 90.4 cm³/mol. The molecule has 0 saturated carbocycles. The molecule has 3 amide bonds. The van der Waals surface area contributed by atoms with Crippen molar-refractivity contribution in [1.29, 1.82) is 0 Å². The first kappa shape index (κ1) is 16.0. The minimum Gasteiger partial charge on any atom is -0.337 e. The van der Waals surface area contributed by atoms with Gasteiger partial charge in [0.25, 0.3) is 0 Å². The molecule has 1 aromatic carbocycles. The molecule has 1 saturated heterocycles. The number of hydrogen-bond acceptors (Lipinski definition) is 3. The van der Waals surface area contributed by atoms with E-state index in [4.69, 9.17) is 0 Å². The first-order chi connectivity index (χ1) is 11.6. The van der Waals surface area contributed by atoms with Gasteiger partial charge in [-0.05, 0) is 25.5 Å². The number of benzene rings is 1. The van der Waals surface area contributed by atoms with Crippen LogP contribution in [0.2, 0.25) is 0 Å². The molecular formula is C17H21N5O2. The first-order valence-corrected chi connectivity index (χ1v) is 7.95. The molecule has 2 unspecified atom stereocenters. The van der Waals surface area contributed by atoms with Crippen LogP contribution in [0.4, 0.5) is 10.5 Å². The summed E-state index contributed by atoms with van der Waals surface area (Å²) in [6.45, 7) is 2.30. The molecule has 0 bridgehead atoms. The number of aryl methyl sites for hydroxylation is 1. The van der Waals surface area contributed by atoms with E-state index >= 15 is 0 Å². The van der Waals surface area contributed by atoms with Crippen LogP contribution in [0.1, 0.15) is 19.2 Å². The second-order valence-corrected chi connectivity index (χ2v) is 5.96. The molecule has 1 aromatic heterocycles. The van der Waals surface area contributed by atoms with Gasteiger partial charge in [0.05, 0.1) is 6.54 Å². The minimum absolute atomic E-state index is 0.0414. The molecule has 2 atom stereocenters. The lowest BCUT2D eigenvalue weighted by Gasteiger charge is -2.21. The molecule has 1 aliphatic heterocycles. The zero-order chi connectivity index (χ0) is 17.1. The fourth-order valence-electron chi connectivity index (χ4n) is 2.96. The van der Waals surface area contributed by atoms with Gasteiger partial charge < -0.3 is 20.1 Å². The highest BCUT2D eigenvalue weighted by Crippen LogP contribution is 2.26. The lowest BCUT2D eigenvalue weighted by Crippen LogP contribution is -2.46. The van der Waals surface area contributed by atoms with Gasteiger partial charge in [-0.3, -0.25) is 4.79 Å². The second-order valence-electron chi connectivity index (χ2n) is 5.96. The third-order valence-corrected chi connectivity index (χ3v) is 4.22. The third-order valence-electron chi connectivity index (χ3n) is 4.22. The van der Waals surface area contributed by atoms with Crippen LogP contribution in [-0.2, 0) is 18.4 Å². The molecule has 126 valence electrons. The molecule has 2 aromatic rings. The van der Waals surface area contributed by atoms with Crippen molar-refractivity contribution in [3.05, 3.63) is 48.5 Å². The standard InChI is InChI=1S/C17H21N5O2/c1-12-10-14(16(23)22(12)13-6-4-3-5-7-13)20-17(24)19-11-15-18-8-9-21(15)2/h3-9,12,14H,10-11H2,1-2H3,(H2,19,20,24). The third kappa shape index (κ3) is 3.24. The van der Waals surface area contributed by atoms with Crippen LogP contribution >= 0.6 is 0 Å². The molecule has 2 N–H and O–H groups in total. The molecule has 0 aliphatic carbocycles. The number of nitrogens with zero attached hydrogens (tertiary/aromatic N) is 3. The number of amides is 3. The largest absolute Gasteiger partial charge is 0.337 e. The predicted octanol–water partition coefficient (Wildman–Crippen LogP) is 1.41. The average molecular weight is 327 g/mol. The summed E-state index contributed by atoms with van der Waals surface area (Å²) in [4.78, 5) is 30.6. The van der Waals surface area contributed by atoms with Gasteiger partial charge in [-0.25, -0.2) is 9.78 Å². The lowest BCUT2D eigenvalue weighted by atomic mass is 10.2. The Morgan fingerprint density at radius 3 is 2.75 bits per heavy atom. The quantitative estimate of drug-likeness (QED) is 0.891. The number of rotatable bonds is 4. The number of carbonyl (C=O) groups is 2. The zero-order valence-corrected chi connectivity index (χ0v) is 13.8. The van der Waals surface area contributed by atoms with E-state index in [1.54, 1.807) is 11.1 Å². The molecule has 1 aliphatic rings. The van der Waals surface area contributed by atoms with E-state index in [0.717, 1.165) is 11.5 Å². The monoisotopic (exact) mass is 327 g/mol. The van der Waals surface area contributed by atoms with Gasteiger partial charge in [0.2, 0.25) is 5.91 Å². The van der Waals surface area contributed by atoms with Crippen LogP contribution in [0, 0.1) is 0 Å². The minimum atomic E-state index is -0.512. The van der Waals surface area contributed by atoms with Gasteiger partial charge >= 0.3 is 6.03 Å². The van der Waals surface area contributed by atoms with E-state index in [-0.39, 0.29) is 18.0 Å². The summed E-state index contributed by atoms with van der Waals surface area (Å²) in [5.41, 5.74) is 0.854. The van der Waals surface area contributed by atoms with Crippen molar-refractivity contribution < 1.29 is 9.59 Å². The summed E-state index contributed by atoms with van der Waals surface area (Å²) >= 11 is 0. The topological polar surface area (TPSA) is 79.3 Å². The summed E-state index contributed by atoms with van der Waals surface area (Å²) in [7, 11) is 1.86. The van der Waals surface area contributed by atoms with Crippen LogP contribution < -0.4 is 15.5 Å². The maximum atomic E-state index is 12.6. The van der Waals surface area contributed by atoms with Crippen molar-refractivity contribution in [2.75, 3.05) is 4.90 Å². The number of anilines is 1. The van der Waals surface area contributed by atoms with Crippen LogP contribution in [0.5, 0.6) is 0 Å². The number of hydrogen-bond donors (Lipinski definition) is 2. The number of imidazole rings is 1. The van der Waals surface area contributed by atoms with Crippen LogP contribution in [0.3, 0.4) is 0 Å². The highest BCUT2D eigenvalue weighted by atomic mass is 16.2. The zero-order valence-electron chi connectivity index (χ0n) is 13.8. The summed E-state index contributed by atoms with van der Waals surface area (Å²) in [6.07, 6.45) is 4.08. The summed E-state index contributed by atoms with van der Waals surface area (Å²) in [6, 6.07) is 8.68. The summed E-state index contributed by atoms with van der Waals surface area (Å²) in [5, 5.41) is 5.50. The van der Waals surface area contributed by atoms with Gasteiger partial charge in [0.15, 0.2) is 0 Å².